The lowest BCUT2D eigenvalue weighted by atomic mass is 9.98. The lowest BCUT2D eigenvalue weighted by Crippen LogP contribution is -1.88. The Balaban J connectivity index is 2.19. The normalized spacial score (nSPS) is 10.5. The first-order valence-electron chi connectivity index (χ1n) is 6.35. The van der Waals surface area contributed by atoms with Crippen LogP contribution in [0.1, 0.15) is 0 Å². The van der Waals surface area contributed by atoms with Crippen LogP contribution in [0.4, 0.5) is 4.39 Å². The fraction of sp³-hybridized carbons (Fsp3) is 0. The highest BCUT2D eigenvalue weighted by atomic mass is 79.9. The van der Waals surface area contributed by atoms with Crippen molar-refractivity contribution in [2.75, 3.05) is 0 Å². The number of hydrogen-bond donors (Lipinski definition) is 0. The van der Waals surface area contributed by atoms with Gasteiger partial charge in [-0.2, -0.15) is 0 Å². The molecule has 3 aromatic rings. The standard InChI is InChI=1S/C18H12BrF/c19-17-12-15(13-7-3-1-4-8-13)11-16(18(17)20)14-9-5-2-6-10-14/h1-12H. The van der Waals surface area contributed by atoms with E-state index in [1.807, 2.05) is 72.8 Å². The number of rotatable bonds is 2. The van der Waals surface area contributed by atoms with Crippen LogP contribution >= 0.6 is 15.9 Å². The van der Waals surface area contributed by atoms with E-state index in [9.17, 15) is 4.39 Å². The van der Waals surface area contributed by atoms with Crippen molar-refractivity contribution in [2.24, 2.45) is 0 Å². The molecule has 0 aliphatic rings. The third kappa shape index (κ3) is 2.52. The van der Waals surface area contributed by atoms with Crippen LogP contribution in [0.2, 0.25) is 0 Å². The van der Waals surface area contributed by atoms with Crippen LogP contribution in [-0.2, 0) is 0 Å². The third-order valence-electron chi connectivity index (χ3n) is 3.22. The van der Waals surface area contributed by atoms with E-state index in [1.54, 1.807) is 0 Å². The molecule has 0 fully saturated rings. The summed E-state index contributed by atoms with van der Waals surface area (Å²) in [5.41, 5.74) is 3.56. The molecular formula is C18H12BrF. The molecule has 0 radical (unpaired) electrons. The van der Waals surface area contributed by atoms with E-state index in [2.05, 4.69) is 15.9 Å². The summed E-state index contributed by atoms with van der Waals surface area (Å²) in [6.45, 7) is 0. The van der Waals surface area contributed by atoms with E-state index in [-0.39, 0.29) is 5.82 Å². The molecule has 0 aliphatic heterocycles. The van der Waals surface area contributed by atoms with Gasteiger partial charge in [-0.3, -0.25) is 0 Å². The summed E-state index contributed by atoms with van der Waals surface area (Å²) < 4.78 is 14.8. The van der Waals surface area contributed by atoms with Crippen LogP contribution in [0.15, 0.2) is 77.3 Å². The molecule has 0 aliphatic carbocycles. The zero-order valence-corrected chi connectivity index (χ0v) is 12.3. The Bertz CT molecular complexity index is 721. The lowest BCUT2D eigenvalue weighted by molar-refractivity contribution is 0.625. The van der Waals surface area contributed by atoms with Gasteiger partial charge in [-0.25, -0.2) is 4.39 Å². The summed E-state index contributed by atoms with van der Waals surface area (Å²) in [5.74, 6) is -0.226. The Hall–Kier alpha value is -1.93. The van der Waals surface area contributed by atoms with Crippen LogP contribution in [0.3, 0.4) is 0 Å². The van der Waals surface area contributed by atoms with Gasteiger partial charge in [0.05, 0.1) is 4.47 Å². The predicted molar refractivity (Wildman–Crippen MR) is 85.0 cm³/mol. The first-order valence-corrected chi connectivity index (χ1v) is 7.15. The minimum Gasteiger partial charge on any atom is -0.205 e. The average Bonchev–Trinajstić information content (AvgIpc) is 2.51. The van der Waals surface area contributed by atoms with E-state index >= 15 is 0 Å². The van der Waals surface area contributed by atoms with E-state index in [0.717, 1.165) is 16.7 Å². The average molecular weight is 327 g/mol. The van der Waals surface area contributed by atoms with Crippen LogP contribution in [0.5, 0.6) is 0 Å². The summed E-state index contributed by atoms with van der Waals surface area (Å²) in [5, 5.41) is 0. The maximum atomic E-state index is 14.3. The van der Waals surface area contributed by atoms with Crippen molar-refractivity contribution in [2.45, 2.75) is 0 Å². The molecule has 0 nitrogen and oxygen atoms in total. The molecule has 0 unspecified atom stereocenters. The van der Waals surface area contributed by atoms with Gasteiger partial charge in [0.2, 0.25) is 0 Å². The molecular weight excluding hydrogens is 315 g/mol. The molecule has 3 aromatic carbocycles. The summed E-state index contributed by atoms with van der Waals surface area (Å²) in [6, 6.07) is 23.3. The second kappa shape index (κ2) is 5.59. The molecule has 0 saturated carbocycles. The molecule has 0 saturated heterocycles. The van der Waals surface area contributed by atoms with Gasteiger partial charge in [0.15, 0.2) is 0 Å². The highest BCUT2D eigenvalue weighted by Crippen LogP contribution is 2.33. The highest BCUT2D eigenvalue weighted by molar-refractivity contribution is 9.10. The molecule has 98 valence electrons. The molecule has 2 heteroatoms. The van der Waals surface area contributed by atoms with Gasteiger partial charge >= 0.3 is 0 Å². The largest absolute Gasteiger partial charge is 0.205 e. The number of halogens is 2. The zero-order valence-electron chi connectivity index (χ0n) is 10.7. The van der Waals surface area contributed by atoms with E-state index in [4.69, 9.17) is 0 Å². The fourth-order valence-electron chi connectivity index (χ4n) is 2.21. The smallest absolute Gasteiger partial charge is 0.145 e. The SMILES string of the molecule is Fc1c(Br)cc(-c2ccccc2)cc1-c1ccccc1. The molecule has 0 heterocycles. The van der Waals surface area contributed by atoms with Crippen molar-refractivity contribution in [1.82, 2.24) is 0 Å². The van der Waals surface area contributed by atoms with Gasteiger partial charge in [0, 0.05) is 5.56 Å². The fourth-order valence-corrected chi connectivity index (χ4v) is 2.67. The monoisotopic (exact) mass is 326 g/mol. The van der Waals surface area contributed by atoms with Crippen LogP contribution in [0, 0.1) is 5.82 Å². The van der Waals surface area contributed by atoms with Gasteiger partial charge in [-0.15, -0.1) is 0 Å². The Morgan fingerprint density at radius 2 is 1.20 bits per heavy atom. The molecule has 0 amide bonds. The van der Waals surface area contributed by atoms with Gasteiger partial charge in [-0.1, -0.05) is 60.7 Å². The molecule has 0 aromatic heterocycles. The van der Waals surface area contributed by atoms with Crippen LogP contribution in [0.25, 0.3) is 22.3 Å². The van der Waals surface area contributed by atoms with Crippen molar-refractivity contribution in [3.63, 3.8) is 0 Å². The van der Waals surface area contributed by atoms with Crippen molar-refractivity contribution < 1.29 is 4.39 Å². The maximum Gasteiger partial charge on any atom is 0.145 e. The van der Waals surface area contributed by atoms with E-state index in [1.165, 1.54) is 0 Å². The summed E-state index contributed by atoms with van der Waals surface area (Å²) in [4.78, 5) is 0. The second-order valence-electron chi connectivity index (χ2n) is 4.55. The molecule has 0 spiro atoms. The van der Waals surface area contributed by atoms with Crippen molar-refractivity contribution in [3.8, 4) is 22.3 Å². The summed E-state index contributed by atoms with van der Waals surface area (Å²) in [7, 11) is 0. The molecule has 0 bridgehead atoms. The first-order chi connectivity index (χ1) is 9.75. The molecule has 20 heavy (non-hydrogen) atoms. The maximum absolute atomic E-state index is 14.3. The van der Waals surface area contributed by atoms with Gasteiger partial charge < -0.3 is 0 Å². The highest BCUT2D eigenvalue weighted by Gasteiger charge is 2.11. The van der Waals surface area contributed by atoms with Crippen molar-refractivity contribution in [1.29, 1.82) is 0 Å². The van der Waals surface area contributed by atoms with E-state index in [0.29, 0.717) is 10.0 Å². The third-order valence-corrected chi connectivity index (χ3v) is 3.80. The van der Waals surface area contributed by atoms with Crippen molar-refractivity contribution >= 4 is 15.9 Å². The first kappa shape index (κ1) is 13.1. The Kier molecular flexibility index (Phi) is 3.66. The Morgan fingerprint density at radius 1 is 0.650 bits per heavy atom. The second-order valence-corrected chi connectivity index (χ2v) is 5.41. The quantitative estimate of drug-likeness (QED) is 0.548. The predicted octanol–water partition coefficient (Wildman–Crippen LogP) is 5.92. The van der Waals surface area contributed by atoms with E-state index < -0.39 is 0 Å². The molecule has 0 N–H and O–H groups in total. The molecule has 3 rings (SSSR count). The van der Waals surface area contributed by atoms with Crippen LogP contribution < -0.4 is 0 Å². The van der Waals surface area contributed by atoms with Gasteiger partial charge in [0.25, 0.3) is 0 Å². The zero-order chi connectivity index (χ0) is 13.9. The van der Waals surface area contributed by atoms with Gasteiger partial charge in [-0.05, 0) is 44.8 Å². The summed E-state index contributed by atoms with van der Waals surface area (Å²) >= 11 is 3.32. The Labute approximate surface area is 126 Å². The minimum absolute atomic E-state index is 0.226. The number of benzene rings is 3. The Morgan fingerprint density at radius 3 is 1.80 bits per heavy atom. The number of hydrogen-bond acceptors (Lipinski definition) is 0. The van der Waals surface area contributed by atoms with Crippen LogP contribution in [-0.4, -0.2) is 0 Å². The van der Waals surface area contributed by atoms with Gasteiger partial charge in [0.1, 0.15) is 5.82 Å². The molecule has 0 atom stereocenters. The minimum atomic E-state index is -0.226. The summed E-state index contributed by atoms with van der Waals surface area (Å²) in [6.07, 6.45) is 0. The lowest BCUT2D eigenvalue weighted by Gasteiger charge is -2.09. The van der Waals surface area contributed by atoms with Crippen molar-refractivity contribution in [3.05, 3.63) is 83.1 Å². The topological polar surface area (TPSA) is 0 Å².